The fourth-order valence-corrected chi connectivity index (χ4v) is 2.39. The molecule has 3 aromatic rings. The van der Waals surface area contributed by atoms with Gasteiger partial charge < -0.3 is 5.32 Å². The van der Waals surface area contributed by atoms with Crippen LogP contribution in [0.1, 0.15) is 10.4 Å². The van der Waals surface area contributed by atoms with Gasteiger partial charge in [-0.3, -0.25) is 19.9 Å². The maximum atomic E-state index is 11.1. The maximum Gasteiger partial charge on any atom is 0.310 e. The molecule has 0 bridgehead atoms. The predicted molar refractivity (Wildman–Crippen MR) is 91.4 cm³/mol. The van der Waals surface area contributed by atoms with E-state index in [0.717, 1.165) is 17.4 Å². The van der Waals surface area contributed by atoms with Crippen LogP contribution in [0.2, 0.25) is 0 Å². The Morgan fingerprint density at radius 1 is 1.04 bits per heavy atom. The van der Waals surface area contributed by atoms with Crippen LogP contribution in [-0.2, 0) is 0 Å². The van der Waals surface area contributed by atoms with Crippen molar-refractivity contribution in [1.29, 1.82) is 0 Å². The van der Waals surface area contributed by atoms with Crippen LogP contribution in [0.3, 0.4) is 0 Å². The van der Waals surface area contributed by atoms with Gasteiger partial charge in [-0.15, -0.1) is 0 Å². The second-order valence-corrected chi connectivity index (χ2v) is 5.06. The van der Waals surface area contributed by atoms with Crippen molar-refractivity contribution in [3.8, 4) is 11.1 Å². The Morgan fingerprint density at radius 3 is 2.50 bits per heavy atom. The lowest BCUT2D eigenvalue weighted by molar-refractivity contribution is -0.384. The first-order valence-corrected chi connectivity index (χ1v) is 7.19. The first kappa shape index (κ1) is 15.4. The molecule has 2 aromatic carbocycles. The van der Waals surface area contributed by atoms with Crippen molar-refractivity contribution in [2.24, 2.45) is 0 Å². The Kier molecular flexibility index (Phi) is 4.29. The fraction of sp³-hybridized carbons (Fsp3) is 0. The molecule has 0 saturated carbocycles. The Balaban J connectivity index is 1.88. The highest BCUT2D eigenvalue weighted by atomic mass is 16.6. The molecule has 0 amide bonds. The van der Waals surface area contributed by atoms with Crippen LogP contribution in [0.15, 0.2) is 67.0 Å². The third-order valence-electron chi connectivity index (χ3n) is 3.56. The number of nitrogens with zero attached hydrogens (tertiary/aromatic N) is 2. The number of rotatable bonds is 5. The molecule has 0 aliphatic rings. The van der Waals surface area contributed by atoms with Crippen LogP contribution in [0.5, 0.6) is 0 Å². The number of carbonyl (C=O) groups is 1. The molecule has 0 aliphatic heterocycles. The number of carbonyl (C=O) groups excluding carboxylic acids is 1. The van der Waals surface area contributed by atoms with Crippen LogP contribution in [0.25, 0.3) is 11.1 Å². The predicted octanol–water partition coefficient (Wildman–Crippen LogP) is 4.21. The Bertz CT molecular complexity index is 892. The molecule has 6 nitrogen and oxygen atoms in total. The van der Waals surface area contributed by atoms with Gasteiger partial charge in [-0.1, -0.05) is 36.4 Å². The molecule has 3 rings (SSSR count). The van der Waals surface area contributed by atoms with Crippen molar-refractivity contribution >= 4 is 23.3 Å². The van der Waals surface area contributed by atoms with Gasteiger partial charge in [-0.25, -0.2) is 0 Å². The molecule has 0 radical (unpaired) electrons. The highest BCUT2D eigenvalue weighted by Crippen LogP contribution is 2.28. The monoisotopic (exact) mass is 319 g/mol. The van der Waals surface area contributed by atoms with Gasteiger partial charge in [0.15, 0.2) is 6.29 Å². The number of aromatic nitrogens is 1. The van der Waals surface area contributed by atoms with Crippen LogP contribution in [0, 0.1) is 10.1 Å². The van der Waals surface area contributed by atoms with Crippen molar-refractivity contribution < 1.29 is 9.72 Å². The Labute approximate surface area is 137 Å². The summed E-state index contributed by atoms with van der Waals surface area (Å²) in [6, 6.07) is 16.2. The summed E-state index contributed by atoms with van der Waals surface area (Å²) in [4.78, 5) is 25.4. The van der Waals surface area contributed by atoms with Gasteiger partial charge >= 0.3 is 5.69 Å². The first-order chi connectivity index (χ1) is 11.7. The molecule has 0 fully saturated rings. The topological polar surface area (TPSA) is 85.1 Å². The average molecular weight is 319 g/mol. The van der Waals surface area contributed by atoms with Crippen LogP contribution in [-0.4, -0.2) is 16.2 Å². The number of nitrogens with one attached hydrogen (secondary N) is 1. The molecule has 1 heterocycles. The lowest BCUT2D eigenvalue weighted by atomic mass is 10.0. The van der Waals surface area contributed by atoms with Crippen molar-refractivity contribution in [3.05, 3.63) is 82.7 Å². The standard InChI is InChI=1S/C18H13N3O3/c22-12-14-3-1-2-4-16(14)13-5-7-15(8-6-13)20-17-9-10-19-11-18(17)21(23)24/h1-12H,(H,19,20). The summed E-state index contributed by atoms with van der Waals surface area (Å²) in [5.41, 5.74) is 3.34. The largest absolute Gasteiger partial charge is 0.350 e. The van der Waals surface area contributed by atoms with E-state index in [2.05, 4.69) is 10.3 Å². The number of hydrogen-bond acceptors (Lipinski definition) is 5. The highest BCUT2D eigenvalue weighted by molar-refractivity contribution is 5.87. The van der Waals surface area contributed by atoms with Crippen LogP contribution in [0.4, 0.5) is 17.1 Å². The lowest BCUT2D eigenvalue weighted by Gasteiger charge is -2.09. The van der Waals surface area contributed by atoms with Crippen molar-refractivity contribution in [2.75, 3.05) is 5.32 Å². The quantitative estimate of drug-likeness (QED) is 0.432. The molecule has 0 unspecified atom stereocenters. The number of aldehydes is 1. The SMILES string of the molecule is O=Cc1ccccc1-c1ccc(Nc2ccncc2[N+](=O)[O-])cc1. The minimum Gasteiger partial charge on any atom is -0.350 e. The Morgan fingerprint density at radius 2 is 1.79 bits per heavy atom. The van der Waals surface area contributed by atoms with Gasteiger partial charge in [-0.2, -0.15) is 0 Å². The Hall–Kier alpha value is -3.54. The zero-order chi connectivity index (χ0) is 16.9. The number of anilines is 2. The second-order valence-electron chi connectivity index (χ2n) is 5.06. The minimum atomic E-state index is -0.482. The van der Waals surface area contributed by atoms with Crippen LogP contribution >= 0.6 is 0 Å². The molecule has 6 heteroatoms. The van der Waals surface area contributed by atoms with Crippen molar-refractivity contribution in [1.82, 2.24) is 4.98 Å². The normalized spacial score (nSPS) is 10.2. The smallest absolute Gasteiger partial charge is 0.310 e. The van der Waals surface area contributed by atoms with Gasteiger partial charge in [0.05, 0.1) is 4.92 Å². The zero-order valence-corrected chi connectivity index (χ0v) is 12.5. The lowest BCUT2D eigenvalue weighted by Crippen LogP contribution is -1.97. The van der Waals surface area contributed by atoms with E-state index in [1.54, 1.807) is 24.3 Å². The van der Waals surface area contributed by atoms with Gasteiger partial charge in [0.25, 0.3) is 0 Å². The van der Waals surface area contributed by atoms with Crippen molar-refractivity contribution in [2.45, 2.75) is 0 Å². The number of pyridine rings is 1. The molecular formula is C18H13N3O3. The maximum absolute atomic E-state index is 11.1. The van der Waals surface area contributed by atoms with E-state index in [1.807, 2.05) is 30.3 Å². The minimum absolute atomic E-state index is 0.0899. The van der Waals surface area contributed by atoms with Gasteiger partial charge in [0, 0.05) is 17.4 Å². The zero-order valence-electron chi connectivity index (χ0n) is 12.5. The molecule has 0 saturated heterocycles. The third kappa shape index (κ3) is 3.12. The van der Waals surface area contributed by atoms with E-state index >= 15 is 0 Å². The summed E-state index contributed by atoms with van der Waals surface area (Å²) in [5, 5.41) is 14.0. The van der Waals surface area contributed by atoms with Crippen molar-refractivity contribution in [3.63, 3.8) is 0 Å². The van der Waals surface area contributed by atoms with Crippen LogP contribution < -0.4 is 5.32 Å². The number of benzene rings is 2. The molecule has 1 aromatic heterocycles. The number of nitro groups is 1. The van der Waals surface area contributed by atoms with E-state index in [9.17, 15) is 14.9 Å². The summed E-state index contributed by atoms with van der Waals surface area (Å²) >= 11 is 0. The molecule has 118 valence electrons. The molecule has 0 spiro atoms. The van der Waals surface area contributed by atoms with Gasteiger partial charge in [0.2, 0.25) is 0 Å². The van der Waals surface area contributed by atoms with E-state index < -0.39 is 4.92 Å². The summed E-state index contributed by atoms with van der Waals surface area (Å²) in [6.45, 7) is 0. The number of hydrogen-bond donors (Lipinski definition) is 1. The second kappa shape index (κ2) is 6.70. The summed E-state index contributed by atoms with van der Waals surface area (Å²) < 4.78 is 0. The highest BCUT2D eigenvalue weighted by Gasteiger charge is 2.13. The van der Waals surface area contributed by atoms with Gasteiger partial charge in [0.1, 0.15) is 11.9 Å². The molecular weight excluding hydrogens is 306 g/mol. The summed E-state index contributed by atoms with van der Waals surface area (Å²) in [6.07, 6.45) is 3.52. The van der Waals surface area contributed by atoms with Gasteiger partial charge in [-0.05, 0) is 29.3 Å². The third-order valence-corrected chi connectivity index (χ3v) is 3.56. The summed E-state index contributed by atoms with van der Waals surface area (Å²) in [7, 11) is 0. The molecule has 0 aliphatic carbocycles. The molecule has 0 atom stereocenters. The fourth-order valence-electron chi connectivity index (χ4n) is 2.39. The average Bonchev–Trinajstić information content (AvgIpc) is 2.62. The molecule has 24 heavy (non-hydrogen) atoms. The van der Waals surface area contributed by atoms with E-state index in [1.165, 1.54) is 12.4 Å². The van der Waals surface area contributed by atoms with E-state index in [-0.39, 0.29) is 5.69 Å². The van der Waals surface area contributed by atoms with E-state index in [4.69, 9.17) is 0 Å². The van der Waals surface area contributed by atoms with E-state index in [0.29, 0.717) is 16.9 Å². The first-order valence-electron chi connectivity index (χ1n) is 7.19. The summed E-state index contributed by atoms with van der Waals surface area (Å²) in [5.74, 6) is 0. The molecule has 1 N–H and O–H groups in total.